The second kappa shape index (κ2) is 7.12. The molecule has 0 saturated heterocycles. The molecule has 4 aromatic rings. The van der Waals surface area contributed by atoms with E-state index < -0.39 is 11.9 Å². The zero-order chi connectivity index (χ0) is 19.6. The first-order chi connectivity index (χ1) is 12.9. The number of esters is 1. The number of hydrogen-bond donors (Lipinski definition) is 3. The molecule has 0 aliphatic rings. The summed E-state index contributed by atoms with van der Waals surface area (Å²) < 4.78 is 14.7. The topological polar surface area (TPSA) is 130 Å². The molecule has 0 bridgehead atoms. The number of ether oxygens (including phenoxy) is 1. The van der Waals surface area contributed by atoms with Crippen LogP contribution in [0.3, 0.4) is 0 Å². The molecule has 4 rings (SSSR count). The molecule has 2 aromatic carbocycles. The molecule has 0 atom stereocenters. The van der Waals surface area contributed by atoms with Crippen molar-refractivity contribution in [2.24, 2.45) is 0 Å². The maximum absolute atomic E-state index is 11.1. The van der Waals surface area contributed by atoms with E-state index in [-0.39, 0.29) is 23.0 Å². The summed E-state index contributed by atoms with van der Waals surface area (Å²) in [6, 6.07) is 11.9. The van der Waals surface area contributed by atoms with Crippen LogP contribution < -0.4 is 0 Å². The number of carboxylic acid groups (broad SMARTS) is 1. The van der Waals surface area contributed by atoms with Gasteiger partial charge in [-0.25, -0.2) is 9.59 Å². The summed E-state index contributed by atoms with van der Waals surface area (Å²) in [4.78, 5) is 21.6. The van der Waals surface area contributed by atoms with Gasteiger partial charge in [-0.2, -0.15) is 0 Å². The third-order valence-corrected chi connectivity index (χ3v) is 3.60. The van der Waals surface area contributed by atoms with Crippen molar-refractivity contribution in [3.63, 3.8) is 0 Å². The quantitative estimate of drug-likeness (QED) is 0.455. The van der Waals surface area contributed by atoms with Gasteiger partial charge < -0.3 is 28.9 Å². The van der Waals surface area contributed by atoms with E-state index in [0.717, 1.165) is 0 Å². The van der Waals surface area contributed by atoms with E-state index >= 15 is 0 Å². The maximum Gasteiger partial charge on any atom is 0.373 e. The number of carbonyl (C=O) groups excluding carboxylic acids is 1. The summed E-state index contributed by atoms with van der Waals surface area (Å²) in [6.45, 7) is 0. The van der Waals surface area contributed by atoms with Crippen molar-refractivity contribution < 1.29 is 38.5 Å². The van der Waals surface area contributed by atoms with Crippen LogP contribution in [0.2, 0.25) is 0 Å². The van der Waals surface area contributed by atoms with Gasteiger partial charge >= 0.3 is 11.9 Å². The minimum absolute atomic E-state index is 0.0882. The number of methoxy groups -OCH3 is 1. The molecular weight excluding hydrogens is 356 g/mol. The molecular formula is C19H14O8. The molecule has 3 N–H and O–H groups in total. The van der Waals surface area contributed by atoms with Crippen LogP contribution in [0.5, 0.6) is 11.5 Å². The number of carbonyl (C=O) groups is 2. The largest absolute Gasteiger partial charge is 0.508 e. The van der Waals surface area contributed by atoms with Crippen LogP contribution in [0.1, 0.15) is 21.1 Å². The summed E-state index contributed by atoms with van der Waals surface area (Å²) in [6.07, 6.45) is 0. The van der Waals surface area contributed by atoms with Gasteiger partial charge in [0.1, 0.15) is 22.7 Å². The van der Waals surface area contributed by atoms with Crippen molar-refractivity contribution in [1.82, 2.24) is 0 Å². The standard InChI is InChI=1S/C10H8O4.C9H6O4/c1-13-10(12)9-5-6-4-7(11)2-3-8(6)14-9;10-6-1-2-7-5(3-6)4-8(13-7)9(11)12/h2-5,11H,1H3;1-4,10H,(H,11,12). The number of fused-ring (bicyclic) bond motifs is 2. The summed E-state index contributed by atoms with van der Waals surface area (Å²) in [5, 5.41) is 28.1. The van der Waals surface area contributed by atoms with Gasteiger partial charge in [-0.15, -0.1) is 0 Å². The molecule has 0 unspecified atom stereocenters. The molecule has 27 heavy (non-hydrogen) atoms. The second-order valence-corrected chi connectivity index (χ2v) is 5.46. The predicted molar refractivity (Wildman–Crippen MR) is 94.1 cm³/mol. The summed E-state index contributed by atoms with van der Waals surface area (Å²) in [5.41, 5.74) is 0.999. The molecule has 0 saturated carbocycles. The van der Waals surface area contributed by atoms with E-state index in [4.69, 9.17) is 19.0 Å². The Kier molecular flexibility index (Phi) is 4.71. The van der Waals surface area contributed by atoms with Crippen LogP contribution in [0.15, 0.2) is 57.4 Å². The third-order valence-electron chi connectivity index (χ3n) is 3.60. The van der Waals surface area contributed by atoms with Crippen LogP contribution in [0, 0.1) is 0 Å². The zero-order valence-electron chi connectivity index (χ0n) is 14.0. The Morgan fingerprint density at radius 3 is 1.78 bits per heavy atom. The highest BCUT2D eigenvalue weighted by atomic mass is 16.5. The molecule has 0 radical (unpaired) electrons. The van der Waals surface area contributed by atoms with Gasteiger partial charge in [-0.3, -0.25) is 0 Å². The van der Waals surface area contributed by atoms with Gasteiger partial charge in [0, 0.05) is 10.8 Å². The number of rotatable bonds is 2. The van der Waals surface area contributed by atoms with Crippen molar-refractivity contribution in [2.75, 3.05) is 7.11 Å². The van der Waals surface area contributed by atoms with E-state index in [2.05, 4.69) is 4.74 Å². The highest BCUT2D eigenvalue weighted by molar-refractivity contribution is 5.93. The predicted octanol–water partition coefficient (Wildman–Crippen LogP) is 3.76. The first kappa shape index (κ1) is 17.9. The van der Waals surface area contributed by atoms with E-state index in [1.165, 1.54) is 49.6 Å². The number of hydrogen-bond acceptors (Lipinski definition) is 7. The molecule has 0 aliphatic carbocycles. The van der Waals surface area contributed by atoms with Crippen LogP contribution in [-0.4, -0.2) is 34.4 Å². The molecule has 138 valence electrons. The Morgan fingerprint density at radius 2 is 1.30 bits per heavy atom. The second-order valence-electron chi connectivity index (χ2n) is 5.46. The van der Waals surface area contributed by atoms with Crippen molar-refractivity contribution in [1.29, 1.82) is 0 Å². The Labute approximate surface area is 151 Å². The van der Waals surface area contributed by atoms with E-state index in [0.29, 0.717) is 21.9 Å². The van der Waals surface area contributed by atoms with Crippen molar-refractivity contribution in [2.45, 2.75) is 0 Å². The number of phenolic OH excluding ortho intramolecular Hbond substituents is 2. The molecule has 0 amide bonds. The summed E-state index contributed by atoms with van der Waals surface area (Å²) in [5.74, 6) is -1.41. The zero-order valence-corrected chi connectivity index (χ0v) is 14.0. The van der Waals surface area contributed by atoms with Gasteiger partial charge in [-0.05, 0) is 48.5 Å². The van der Waals surface area contributed by atoms with Gasteiger partial charge in [0.2, 0.25) is 11.5 Å². The minimum atomic E-state index is -1.12. The number of furan rings is 2. The van der Waals surface area contributed by atoms with Crippen LogP contribution in [-0.2, 0) is 4.74 Å². The SMILES string of the molecule is COC(=O)c1cc2cc(O)ccc2o1.O=C(O)c1cc2cc(O)ccc2o1. The first-order valence-electron chi connectivity index (χ1n) is 7.64. The number of aromatic hydroxyl groups is 2. The molecule has 0 fully saturated rings. The van der Waals surface area contributed by atoms with E-state index in [1.54, 1.807) is 6.07 Å². The number of phenols is 2. The lowest BCUT2D eigenvalue weighted by atomic mass is 10.2. The Balaban J connectivity index is 0.000000156. The van der Waals surface area contributed by atoms with Gasteiger partial charge in [0.25, 0.3) is 0 Å². The summed E-state index contributed by atoms with van der Waals surface area (Å²) >= 11 is 0. The molecule has 8 heteroatoms. The van der Waals surface area contributed by atoms with Crippen molar-refractivity contribution in [3.05, 3.63) is 60.1 Å². The van der Waals surface area contributed by atoms with E-state index in [9.17, 15) is 14.7 Å². The molecule has 2 heterocycles. The summed E-state index contributed by atoms with van der Waals surface area (Å²) in [7, 11) is 1.28. The average Bonchev–Trinajstić information content (AvgIpc) is 3.24. The highest BCUT2D eigenvalue weighted by Gasteiger charge is 2.12. The molecule has 8 nitrogen and oxygen atoms in total. The smallest absolute Gasteiger partial charge is 0.373 e. The third kappa shape index (κ3) is 3.84. The Morgan fingerprint density at radius 1 is 0.815 bits per heavy atom. The first-order valence-corrected chi connectivity index (χ1v) is 7.64. The minimum Gasteiger partial charge on any atom is -0.508 e. The fourth-order valence-corrected chi connectivity index (χ4v) is 2.37. The van der Waals surface area contributed by atoms with Crippen LogP contribution in [0.4, 0.5) is 0 Å². The number of aromatic carboxylic acids is 1. The van der Waals surface area contributed by atoms with Crippen LogP contribution >= 0.6 is 0 Å². The van der Waals surface area contributed by atoms with Gasteiger partial charge in [0.05, 0.1) is 7.11 Å². The highest BCUT2D eigenvalue weighted by Crippen LogP contribution is 2.24. The fraction of sp³-hybridized carbons (Fsp3) is 0.0526. The van der Waals surface area contributed by atoms with Crippen molar-refractivity contribution >= 4 is 33.9 Å². The number of carboxylic acids is 1. The van der Waals surface area contributed by atoms with Gasteiger partial charge in [0.15, 0.2) is 0 Å². The lowest BCUT2D eigenvalue weighted by Gasteiger charge is -1.90. The molecule has 2 aromatic heterocycles. The Bertz CT molecular complexity index is 1140. The molecule has 0 spiro atoms. The van der Waals surface area contributed by atoms with Gasteiger partial charge in [-0.1, -0.05) is 0 Å². The monoisotopic (exact) mass is 370 g/mol. The maximum atomic E-state index is 11.1. The van der Waals surface area contributed by atoms with E-state index in [1.807, 2.05) is 0 Å². The fourth-order valence-electron chi connectivity index (χ4n) is 2.37. The lowest BCUT2D eigenvalue weighted by Crippen LogP contribution is -1.97. The van der Waals surface area contributed by atoms with Crippen LogP contribution in [0.25, 0.3) is 21.9 Å². The van der Waals surface area contributed by atoms with Crippen molar-refractivity contribution in [3.8, 4) is 11.5 Å². The normalized spacial score (nSPS) is 10.4. The lowest BCUT2D eigenvalue weighted by molar-refractivity contribution is 0.0567. The molecule has 0 aliphatic heterocycles. The Hall–Kier alpha value is -3.94. The average molecular weight is 370 g/mol. The number of benzene rings is 2.